The average molecular weight is 192 g/mol. The van der Waals surface area contributed by atoms with Gasteiger partial charge in [0.25, 0.3) is 0 Å². The Balaban J connectivity index is 3.37. The molecule has 0 atom stereocenters. The molecule has 0 aliphatic carbocycles. The molecule has 0 spiro atoms. The van der Waals surface area contributed by atoms with E-state index in [1.54, 1.807) is 0 Å². The SMILES string of the molecule is COCC(=O)SCC[N+](C)(C)C. The molecule has 0 aliphatic heterocycles. The van der Waals surface area contributed by atoms with Crippen molar-refractivity contribution in [3.8, 4) is 0 Å². The van der Waals surface area contributed by atoms with E-state index in [0.29, 0.717) is 0 Å². The third-order valence-electron chi connectivity index (χ3n) is 1.29. The van der Waals surface area contributed by atoms with Gasteiger partial charge in [-0.1, -0.05) is 11.8 Å². The number of methoxy groups -OCH3 is 1. The zero-order valence-electron chi connectivity index (χ0n) is 8.29. The number of hydrogen-bond donors (Lipinski definition) is 0. The fourth-order valence-electron chi connectivity index (χ4n) is 0.593. The van der Waals surface area contributed by atoms with Gasteiger partial charge in [-0.25, -0.2) is 0 Å². The summed E-state index contributed by atoms with van der Waals surface area (Å²) in [7, 11) is 7.88. The highest BCUT2D eigenvalue weighted by Crippen LogP contribution is 2.03. The van der Waals surface area contributed by atoms with E-state index in [4.69, 9.17) is 4.74 Å². The highest BCUT2D eigenvalue weighted by Gasteiger charge is 2.08. The van der Waals surface area contributed by atoms with Crippen molar-refractivity contribution < 1.29 is 14.0 Å². The molecule has 4 heteroatoms. The number of thioether (sulfide) groups is 1. The van der Waals surface area contributed by atoms with Crippen molar-refractivity contribution in [2.45, 2.75) is 0 Å². The second kappa shape index (κ2) is 5.56. The standard InChI is InChI=1S/C8H18NO2S/c1-9(2,3)5-6-12-8(10)7-11-4/h5-7H2,1-4H3/q+1. The molecule has 0 heterocycles. The van der Waals surface area contributed by atoms with Crippen LogP contribution in [0, 0.1) is 0 Å². The van der Waals surface area contributed by atoms with Crippen LogP contribution in [0.15, 0.2) is 0 Å². The Kier molecular flexibility index (Phi) is 5.53. The minimum absolute atomic E-state index is 0.117. The van der Waals surface area contributed by atoms with Crippen molar-refractivity contribution in [1.82, 2.24) is 0 Å². The molecular weight excluding hydrogens is 174 g/mol. The van der Waals surface area contributed by atoms with Crippen LogP contribution < -0.4 is 0 Å². The smallest absolute Gasteiger partial charge is 0.214 e. The Morgan fingerprint density at radius 2 is 2.00 bits per heavy atom. The summed E-state index contributed by atoms with van der Waals surface area (Å²) in [4.78, 5) is 11.0. The van der Waals surface area contributed by atoms with Gasteiger partial charge in [0.05, 0.1) is 33.4 Å². The van der Waals surface area contributed by atoms with Crippen LogP contribution in [0.3, 0.4) is 0 Å². The minimum atomic E-state index is 0.117. The lowest BCUT2D eigenvalue weighted by molar-refractivity contribution is -0.867. The molecule has 3 nitrogen and oxygen atoms in total. The summed E-state index contributed by atoms with van der Waals surface area (Å²) in [6.45, 7) is 1.22. The Hall–Kier alpha value is -0.0600. The van der Waals surface area contributed by atoms with Gasteiger partial charge in [0.15, 0.2) is 0 Å². The summed E-state index contributed by atoms with van der Waals surface area (Å²) >= 11 is 1.35. The van der Waals surface area contributed by atoms with Gasteiger partial charge in [-0.05, 0) is 0 Å². The summed E-state index contributed by atoms with van der Waals surface area (Å²) in [6.07, 6.45) is 0. The van der Waals surface area contributed by atoms with E-state index in [2.05, 4.69) is 21.1 Å². The van der Waals surface area contributed by atoms with Crippen molar-refractivity contribution in [2.24, 2.45) is 0 Å². The Morgan fingerprint density at radius 1 is 1.42 bits per heavy atom. The van der Waals surface area contributed by atoms with Gasteiger partial charge in [-0.3, -0.25) is 4.79 Å². The summed E-state index contributed by atoms with van der Waals surface area (Å²) in [5, 5.41) is 0.117. The van der Waals surface area contributed by atoms with Crippen molar-refractivity contribution in [2.75, 3.05) is 47.2 Å². The lowest BCUT2D eigenvalue weighted by atomic mass is 10.6. The van der Waals surface area contributed by atoms with Crippen molar-refractivity contribution >= 4 is 16.9 Å². The van der Waals surface area contributed by atoms with Gasteiger partial charge in [0.2, 0.25) is 5.12 Å². The van der Waals surface area contributed by atoms with Crippen molar-refractivity contribution in [3.05, 3.63) is 0 Å². The second-order valence-electron chi connectivity index (χ2n) is 3.67. The molecule has 0 unspecified atom stereocenters. The van der Waals surface area contributed by atoms with Crippen LogP contribution in [0.5, 0.6) is 0 Å². The van der Waals surface area contributed by atoms with Gasteiger partial charge < -0.3 is 9.22 Å². The van der Waals surface area contributed by atoms with Gasteiger partial charge in [-0.15, -0.1) is 0 Å². The summed E-state index contributed by atoms with van der Waals surface area (Å²) in [5.74, 6) is 0.867. The maximum absolute atomic E-state index is 11.0. The average Bonchev–Trinajstić information content (AvgIpc) is 1.84. The number of rotatable bonds is 5. The number of hydrogen-bond acceptors (Lipinski definition) is 3. The fraction of sp³-hybridized carbons (Fsp3) is 0.875. The lowest BCUT2D eigenvalue weighted by Gasteiger charge is -2.23. The quantitative estimate of drug-likeness (QED) is 0.597. The van der Waals surface area contributed by atoms with Crippen LogP contribution in [-0.4, -0.2) is 56.8 Å². The summed E-state index contributed by atoms with van der Waals surface area (Å²) in [5.41, 5.74) is 0. The van der Waals surface area contributed by atoms with Crippen LogP contribution >= 0.6 is 11.8 Å². The highest BCUT2D eigenvalue weighted by atomic mass is 32.2. The molecule has 0 rings (SSSR count). The second-order valence-corrected chi connectivity index (χ2v) is 4.82. The van der Waals surface area contributed by atoms with Crippen LogP contribution in [0.25, 0.3) is 0 Å². The molecule has 0 saturated carbocycles. The van der Waals surface area contributed by atoms with Gasteiger partial charge in [0, 0.05) is 7.11 Å². The molecule has 12 heavy (non-hydrogen) atoms. The number of carbonyl (C=O) groups excluding carboxylic acids is 1. The van der Waals surface area contributed by atoms with Gasteiger partial charge >= 0.3 is 0 Å². The first kappa shape index (κ1) is 11.9. The van der Waals surface area contributed by atoms with E-state index >= 15 is 0 Å². The van der Waals surface area contributed by atoms with Gasteiger partial charge in [0.1, 0.15) is 6.61 Å². The van der Waals surface area contributed by atoms with E-state index in [1.807, 2.05) is 0 Å². The molecule has 0 aromatic rings. The van der Waals surface area contributed by atoms with E-state index in [9.17, 15) is 4.79 Å². The largest absolute Gasteiger partial charge is 0.376 e. The number of carbonyl (C=O) groups is 1. The molecule has 0 aliphatic rings. The maximum Gasteiger partial charge on any atom is 0.214 e. The van der Waals surface area contributed by atoms with E-state index in [0.717, 1.165) is 16.8 Å². The Labute approximate surface area is 78.7 Å². The molecule has 0 bridgehead atoms. The topological polar surface area (TPSA) is 26.3 Å². The minimum Gasteiger partial charge on any atom is -0.376 e. The number of quaternary nitrogens is 1. The molecule has 0 aromatic carbocycles. The molecule has 72 valence electrons. The lowest BCUT2D eigenvalue weighted by Crippen LogP contribution is -2.36. The molecule has 0 radical (unpaired) electrons. The third kappa shape index (κ3) is 8.04. The zero-order valence-corrected chi connectivity index (χ0v) is 9.11. The normalized spacial score (nSPS) is 11.7. The molecule has 0 saturated heterocycles. The van der Waals surface area contributed by atoms with E-state index in [-0.39, 0.29) is 11.7 Å². The van der Waals surface area contributed by atoms with Gasteiger partial charge in [-0.2, -0.15) is 0 Å². The predicted octanol–water partition coefficient (Wildman–Crippen LogP) is 0.599. The maximum atomic E-state index is 11.0. The molecule has 0 aromatic heterocycles. The Bertz CT molecular complexity index is 142. The third-order valence-corrected chi connectivity index (χ3v) is 2.11. The molecule has 0 fully saturated rings. The predicted molar refractivity (Wildman–Crippen MR) is 52.2 cm³/mol. The van der Waals surface area contributed by atoms with Crippen LogP contribution in [0.2, 0.25) is 0 Å². The van der Waals surface area contributed by atoms with Crippen molar-refractivity contribution in [3.63, 3.8) is 0 Å². The van der Waals surface area contributed by atoms with E-state index < -0.39 is 0 Å². The van der Waals surface area contributed by atoms with Crippen molar-refractivity contribution in [1.29, 1.82) is 0 Å². The molecule has 0 amide bonds. The number of ether oxygens (including phenoxy) is 1. The highest BCUT2D eigenvalue weighted by molar-refractivity contribution is 8.13. The number of nitrogens with zero attached hydrogens (tertiary/aromatic N) is 1. The fourth-order valence-corrected chi connectivity index (χ4v) is 1.66. The van der Waals surface area contributed by atoms with E-state index in [1.165, 1.54) is 18.9 Å². The summed E-state index contributed by atoms with van der Waals surface area (Å²) < 4.78 is 5.61. The Morgan fingerprint density at radius 3 is 2.42 bits per heavy atom. The monoisotopic (exact) mass is 192 g/mol. The van der Waals surface area contributed by atoms with Crippen LogP contribution in [0.1, 0.15) is 0 Å². The molecule has 0 N–H and O–H groups in total. The first-order valence-corrected chi connectivity index (χ1v) is 4.89. The first-order chi connectivity index (χ1) is 5.45. The molecular formula is C8H18NO2S+. The summed E-state index contributed by atoms with van der Waals surface area (Å²) in [6, 6.07) is 0. The first-order valence-electron chi connectivity index (χ1n) is 3.91. The van der Waals surface area contributed by atoms with Crippen LogP contribution in [0.4, 0.5) is 0 Å². The zero-order chi connectivity index (χ0) is 9.61. The van der Waals surface area contributed by atoms with Crippen LogP contribution in [-0.2, 0) is 9.53 Å².